The van der Waals surface area contributed by atoms with Gasteiger partial charge in [-0.15, -0.1) is 0 Å². The van der Waals surface area contributed by atoms with Crippen molar-refractivity contribution in [3.8, 4) is 28.6 Å². The molecule has 8 nitrogen and oxygen atoms in total. The standard InChI is InChI=1S/C19H16ClN3O5/c1-25-14-5-3-4-12(18(14)26-2)19-21-16(28-22-19)9-23-13-7-6-11(20)8-15(13)27-10-17(23)24/h3-8H,9-10H2,1-2H3. The fourth-order valence-electron chi connectivity index (χ4n) is 2.98. The van der Waals surface area contributed by atoms with Crippen LogP contribution in [0.5, 0.6) is 17.2 Å². The van der Waals surface area contributed by atoms with Crippen LogP contribution in [0.25, 0.3) is 11.4 Å². The van der Waals surface area contributed by atoms with Crippen molar-refractivity contribution in [1.82, 2.24) is 10.1 Å². The molecule has 0 saturated carbocycles. The van der Waals surface area contributed by atoms with Crippen LogP contribution in [0.4, 0.5) is 5.69 Å². The summed E-state index contributed by atoms with van der Waals surface area (Å²) in [6.07, 6.45) is 0. The Balaban J connectivity index is 1.64. The highest BCUT2D eigenvalue weighted by atomic mass is 35.5. The molecule has 0 atom stereocenters. The number of amides is 1. The Hall–Kier alpha value is -3.26. The molecule has 0 saturated heterocycles. The van der Waals surface area contributed by atoms with E-state index in [0.717, 1.165) is 0 Å². The molecule has 0 spiro atoms. The maximum Gasteiger partial charge on any atom is 0.265 e. The Morgan fingerprint density at radius 1 is 1.21 bits per heavy atom. The molecule has 3 aromatic rings. The van der Waals surface area contributed by atoms with E-state index in [9.17, 15) is 4.79 Å². The van der Waals surface area contributed by atoms with E-state index >= 15 is 0 Å². The predicted molar refractivity (Wildman–Crippen MR) is 101 cm³/mol. The monoisotopic (exact) mass is 401 g/mol. The van der Waals surface area contributed by atoms with Crippen molar-refractivity contribution in [2.45, 2.75) is 6.54 Å². The van der Waals surface area contributed by atoms with Gasteiger partial charge >= 0.3 is 0 Å². The van der Waals surface area contributed by atoms with Gasteiger partial charge in [0, 0.05) is 11.1 Å². The van der Waals surface area contributed by atoms with Gasteiger partial charge in [-0.3, -0.25) is 9.69 Å². The molecule has 4 rings (SSSR count). The normalized spacial score (nSPS) is 13.1. The molecule has 1 aliphatic rings. The number of carbonyl (C=O) groups is 1. The van der Waals surface area contributed by atoms with Gasteiger partial charge in [0.1, 0.15) is 12.3 Å². The maximum atomic E-state index is 12.3. The lowest BCUT2D eigenvalue weighted by Crippen LogP contribution is -2.38. The quantitative estimate of drug-likeness (QED) is 0.648. The van der Waals surface area contributed by atoms with E-state index in [4.69, 9.17) is 30.3 Å². The molecule has 144 valence electrons. The number of halogens is 1. The van der Waals surface area contributed by atoms with Gasteiger partial charge in [-0.25, -0.2) is 0 Å². The molecular formula is C19H16ClN3O5. The van der Waals surface area contributed by atoms with Crippen LogP contribution in [0.1, 0.15) is 5.89 Å². The predicted octanol–water partition coefficient (Wildman–Crippen LogP) is 3.33. The maximum absolute atomic E-state index is 12.3. The van der Waals surface area contributed by atoms with Gasteiger partial charge in [-0.2, -0.15) is 4.98 Å². The molecule has 2 heterocycles. The number of para-hydroxylation sites is 1. The molecule has 2 aromatic carbocycles. The van der Waals surface area contributed by atoms with Crippen molar-refractivity contribution in [2.75, 3.05) is 25.7 Å². The van der Waals surface area contributed by atoms with Gasteiger partial charge < -0.3 is 18.7 Å². The van der Waals surface area contributed by atoms with E-state index in [1.807, 2.05) is 0 Å². The first kappa shape index (κ1) is 18.1. The van der Waals surface area contributed by atoms with Crippen LogP contribution in [0, 0.1) is 0 Å². The van der Waals surface area contributed by atoms with Crippen LogP contribution in [-0.2, 0) is 11.3 Å². The van der Waals surface area contributed by atoms with Crippen molar-refractivity contribution in [3.05, 3.63) is 47.3 Å². The van der Waals surface area contributed by atoms with Crippen molar-refractivity contribution in [2.24, 2.45) is 0 Å². The molecule has 0 aliphatic carbocycles. The smallest absolute Gasteiger partial charge is 0.265 e. The summed E-state index contributed by atoms with van der Waals surface area (Å²) in [5.41, 5.74) is 1.22. The first-order valence-corrected chi connectivity index (χ1v) is 8.75. The summed E-state index contributed by atoms with van der Waals surface area (Å²) in [4.78, 5) is 18.3. The van der Waals surface area contributed by atoms with Gasteiger partial charge in [0.15, 0.2) is 18.1 Å². The van der Waals surface area contributed by atoms with E-state index in [1.165, 1.54) is 12.0 Å². The van der Waals surface area contributed by atoms with E-state index in [2.05, 4.69) is 10.1 Å². The third-order valence-corrected chi connectivity index (χ3v) is 4.51. The number of anilines is 1. The minimum Gasteiger partial charge on any atom is -0.493 e. The zero-order valence-electron chi connectivity index (χ0n) is 15.1. The molecule has 0 fully saturated rings. The van der Waals surface area contributed by atoms with Crippen LogP contribution in [0.2, 0.25) is 5.02 Å². The summed E-state index contributed by atoms with van der Waals surface area (Å²) in [5.74, 6) is 1.98. The minimum atomic E-state index is -0.214. The average Bonchev–Trinajstić information content (AvgIpc) is 3.17. The van der Waals surface area contributed by atoms with Crippen molar-refractivity contribution >= 4 is 23.2 Å². The number of benzene rings is 2. The number of methoxy groups -OCH3 is 2. The third-order valence-electron chi connectivity index (χ3n) is 4.27. The Kier molecular flexibility index (Phi) is 4.79. The molecule has 1 aliphatic heterocycles. The highest BCUT2D eigenvalue weighted by Crippen LogP contribution is 2.37. The summed E-state index contributed by atoms with van der Waals surface area (Å²) in [6.45, 7) is 0.0220. The lowest BCUT2D eigenvalue weighted by Gasteiger charge is -2.28. The van der Waals surface area contributed by atoms with E-state index in [-0.39, 0.29) is 24.9 Å². The minimum absolute atomic E-state index is 0.0853. The molecule has 1 aromatic heterocycles. The van der Waals surface area contributed by atoms with E-state index in [0.29, 0.717) is 39.3 Å². The molecule has 0 unspecified atom stereocenters. The fraction of sp³-hybridized carbons (Fsp3) is 0.211. The summed E-state index contributed by atoms with van der Waals surface area (Å²) >= 11 is 6.00. The van der Waals surface area contributed by atoms with Crippen LogP contribution >= 0.6 is 11.6 Å². The Morgan fingerprint density at radius 2 is 2.07 bits per heavy atom. The second-order valence-electron chi connectivity index (χ2n) is 5.93. The summed E-state index contributed by atoms with van der Waals surface area (Å²) in [5, 5.41) is 4.55. The van der Waals surface area contributed by atoms with Crippen molar-refractivity contribution in [1.29, 1.82) is 0 Å². The molecule has 0 bridgehead atoms. The average molecular weight is 402 g/mol. The molecule has 9 heteroatoms. The topological polar surface area (TPSA) is 86.9 Å². The first-order chi connectivity index (χ1) is 13.6. The Labute approximate surface area is 165 Å². The number of hydrogen-bond acceptors (Lipinski definition) is 7. The van der Waals surface area contributed by atoms with Gasteiger partial charge in [0.25, 0.3) is 5.91 Å². The molecular weight excluding hydrogens is 386 g/mol. The number of ether oxygens (including phenoxy) is 3. The highest BCUT2D eigenvalue weighted by Gasteiger charge is 2.28. The van der Waals surface area contributed by atoms with Crippen LogP contribution < -0.4 is 19.1 Å². The van der Waals surface area contributed by atoms with E-state index in [1.54, 1.807) is 43.5 Å². The molecule has 0 N–H and O–H groups in total. The number of aromatic nitrogens is 2. The first-order valence-electron chi connectivity index (χ1n) is 8.37. The van der Waals surface area contributed by atoms with Gasteiger partial charge in [0.05, 0.1) is 25.5 Å². The van der Waals surface area contributed by atoms with Crippen molar-refractivity contribution < 1.29 is 23.5 Å². The van der Waals surface area contributed by atoms with Crippen LogP contribution in [0.15, 0.2) is 40.9 Å². The second-order valence-corrected chi connectivity index (χ2v) is 6.37. The Morgan fingerprint density at radius 3 is 2.86 bits per heavy atom. The zero-order chi connectivity index (χ0) is 19.7. The second kappa shape index (κ2) is 7.40. The number of nitrogens with zero attached hydrogens (tertiary/aromatic N) is 3. The zero-order valence-corrected chi connectivity index (χ0v) is 15.9. The van der Waals surface area contributed by atoms with Gasteiger partial charge in [-0.05, 0) is 24.3 Å². The fourth-order valence-corrected chi connectivity index (χ4v) is 3.14. The Bertz CT molecular complexity index is 1040. The van der Waals surface area contributed by atoms with Crippen molar-refractivity contribution in [3.63, 3.8) is 0 Å². The van der Waals surface area contributed by atoms with Gasteiger partial charge in [-0.1, -0.05) is 22.8 Å². The lowest BCUT2D eigenvalue weighted by molar-refractivity contribution is -0.121. The largest absolute Gasteiger partial charge is 0.493 e. The van der Waals surface area contributed by atoms with Gasteiger partial charge in [0.2, 0.25) is 11.7 Å². The summed E-state index contributed by atoms with van der Waals surface area (Å²) in [7, 11) is 3.09. The third kappa shape index (κ3) is 3.22. The number of hydrogen-bond donors (Lipinski definition) is 0. The van der Waals surface area contributed by atoms with Crippen LogP contribution in [-0.4, -0.2) is 36.9 Å². The summed E-state index contributed by atoms with van der Waals surface area (Å²) < 4.78 is 21.5. The lowest BCUT2D eigenvalue weighted by atomic mass is 10.1. The molecule has 1 amide bonds. The summed E-state index contributed by atoms with van der Waals surface area (Å²) in [6, 6.07) is 10.5. The molecule has 0 radical (unpaired) electrons. The number of rotatable bonds is 5. The number of carbonyl (C=O) groups excluding carboxylic acids is 1. The van der Waals surface area contributed by atoms with Crippen LogP contribution in [0.3, 0.4) is 0 Å². The highest BCUT2D eigenvalue weighted by molar-refractivity contribution is 6.30. The number of fused-ring (bicyclic) bond motifs is 1. The SMILES string of the molecule is COc1cccc(-c2noc(CN3C(=O)COc4cc(Cl)ccc43)n2)c1OC. The molecule has 28 heavy (non-hydrogen) atoms. The van der Waals surface area contributed by atoms with E-state index < -0.39 is 0 Å².